The van der Waals surface area contributed by atoms with Crippen molar-refractivity contribution in [3.05, 3.63) is 29.8 Å². The Labute approximate surface area is 138 Å². The summed E-state index contributed by atoms with van der Waals surface area (Å²) in [7, 11) is -3.34. The third kappa shape index (κ3) is 4.94. The maximum Gasteiger partial charge on any atom is 0.243 e. The van der Waals surface area contributed by atoms with E-state index in [2.05, 4.69) is 24.2 Å². The lowest BCUT2D eigenvalue weighted by Crippen LogP contribution is -2.34. The molecule has 3 N–H and O–H groups in total. The van der Waals surface area contributed by atoms with Gasteiger partial charge in [0.2, 0.25) is 10.0 Å². The molecule has 0 radical (unpaired) electrons. The molecule has 1 fully saturated rings. The largest absolute Gasteiger partial charge is 0.370 e. The molecule has 6 nitrogen and oxygen atoms in total. The summed E-state index contributed by atoms with van der Waals surface area (Å²) < 4.78 is 26.4. The summed E-state index contributed by atoms with van der Waals surface area (Å²) in [5.74, 6) is 0.909. The van der Waals surface area contributed by atoms with Crippen molar-refractivity contribution >= 4 is 16.0 Å². The minimum atomic E-state index is -3.34. The average molecular weight is 338 g/mol. The van der Waals surface area contributed by atoms with E-state index in [4.69, 9.17) is 5.73 Å². The van der Waals surface area contributed by atoms with Gasteiger partial charge in [-0.05, 0) is 36.5 Å². The van der Waals surface area contributed by atoms with Crippen LogP contribution in [0.2, 0.25) is 0 Å². The second-order valence-corrected chi connectivity index (χ2v) is 8.17. The van der Waals surface area contributed by atoms with Gasteiger partial charge in [-0.15, -0.1) is 0 Å². The molecule has 1 aromatic carbocycles. The number of nitrogens with one attached hydrogen (secondary N) is 1. The Morgan fingerprint density at radius 3 is 2.43 bits per heavy atom. The van der Waals surface area contributed by atoms with E-state index in [0.29, 0.717) is 36.4 Å². The lowest BCUT2D eigenvalue weighted by Gasteiger charge is -2.15. The highest BCUT2D eigenvalue weighted by atomic mass is 32.2. The summed E-state index contributed by atoms with van der Waals surface area (Å²) in [5.41, 5.74) is 6.72. The SMILES string of the molecule is CC(C)CNC(N)=NCc1ccc(S(=O)(=O)N2CCCC2)cc1. The minimum Gasteiger partial charge on any atom is -0.370 e. The van der Waals surface area contributed by atoms with Gasteiger partial charge in [-0.2, -0.15) is 4.31 Å². The van der Waals surface area contributed by atoms with Crippen molar-refractivity contribution in [3.63, 3.8) is 0 Å². The van der Waals surface area contributed by atoms with E-state index < -0.39 is 10.0 Å². The molecule has 0 unspecified atom stereocenters. The van der Waals surface area contributed by atoms with Crippen LogP contribution in [0.1, 0.15) is 32.3 Å². The first-order valence-corrected chi connectivity index (χ1v) is 9.46. The van der Waals surface area contributed by atoms with Gasteiger partial charge in [0.25, 0.3) is 0 Å². The molecule has 0 saturated carbocycles. The van der Waals surface area contributed by atoms with Crippen molar-refractivity contribution in [2.45, 2.75) is 38.1 Å². The second-order valence-electron chi connectivity index (χ2n) is 6.23. The summed E-state index contributed by atoms with van der Waals surface area (Å²) in [6.45, 7) is 6.64. The molecule has 0 amide bonds. The number of rotatable bonds is 6. The van der Waals surface area contributed by atoms with Gasteiger partial charge in [0.1, 0.15) is 0 Å². The van der Waals surface area contributed by atoms with E-state index in [1.54, 1.807) is 28.6 Å². The monoisotopic (exact) mass is 338 g/mol. The van der Waals surface area contributed by atoms with Crippen LogP contribution in [0.15, 0.2) is 34.2 Å². The van der Waals surface area contributed by atoms with Crippen LogP contribution < -0.4 is 11.1 Å². The normalized spacial score (nSPS) is 16.9. The first-order valence-electron chi connectivity index (χ1n) is 8.02. The maximum absolute atomic E-state index is 12.4. The lowest BCUT2D eigenvalue weighted by atomic mass is 10.2. The number of hydrogen-bond donors (Lipinski definition) is 2. The van der Waals surface area contributed by atoms with E-state index in [9.17, 15) is 8.42 Å². The Kier molecular flexibility index (Phi) is 6.01. The summed E-state index contributed by atoms with van der Waals surface area (Å²) in [4.78, 5) is 4.60. The summed E-state index contributed by atoms with van der Waals surface area (Å²) in [6.07, 6.45) is 1.88. The molecule has 0 aliphatic carbocycles. The predicted octanol–water partition coefficient (Wildman–Crippen LogP) is 1.53. The molecule has 0 aromatic heterocycles. The van der Waals surface area contributed by atoms with E-state index in [-0.39, 0.29) is 0 Å². The van der Waals surface area contributed by atoms with Crippen LogP contribution in [0, 0.1) is 5.92 Å². The zero-order chi connectivity index (χ0) is 16.9. The minimum absolute atomic E-state index is 0.345. The van der Waals surface area contributed by atoms with Gasteiger partial charge in [0.15, 0.2) is 5.96 Å². The van der Waals surface area contributed by atoms with Crippen molar-refractivity contribution in [1.82, 2.24) is 9.62 Å². The molecular weight excluding hydrogens is 312 g/mol. The first kappa shape index (κ1) is 17.7. The molecule has 1 aliphatic heterocycles. The van der Waals surface area contributed by atoms with Gasteiger partial charge in [0, 0.05) is 19.6 Å². The van der Waals surface area contributed by atoms with Crippen LogP contribution in [0.3, 0.4) is 0 Å². The van der Waals surface area contributed by atoms with Gasteiger partial charge in [-0.25, -0.2) is 13.4 Å². The lowest BCUT2D eigenvalue weighted by molar-refractivity contribution is 0.477. The number of sulfonamides is 1. The van der Waals surface area contributed by atoms with Crippen LogP contribution in [0.4, 0.5) is 0 Å². The molecular formula is C16H26N4O2S. The summed E-state index contributed by atoms with van der Waals surface area (Å²) in [6, 6.07) is 6.89. The highest BCUT2D eigenvalue weighted by Crippen LogP contribution is 2.21. The van der Waals surface area contributed by atoms with Crippen LogP contribution in [0.5, 0.6) is 0 Å². The number of nitrogens with zero attached hydrogens (tertiary/aromatic N) is 2. The fraction of sp³-hybridized carbons (Fsp3) is 0.562. The molecule has 23 heavy (non-hydrogen) atoms. The predicted molar refractivity (Wildman–Crippen MR) is 92.6 cm³/mol. The zero-order valence-electron chi connectivity index (χ0n) is 13.8. The van der Waals surface area contributed by atoms with Gasteiger partial charge in [0.05, 0.1) is 11.4 Å². The Balaban J connectivity index is 1.98. The highest BCUT2D eigenvalue weighted by molar-refractivity contribution is 7.89. The second kappa shape index (κ2) is 7.79. The van der Waals surface area contributed by atoms with Crippen LogP contribution in [0.25, 0.3) is 0 Å². The van der Waals surface area contributed by atoms with E-state index in [1.165, 1.54) is 0 Å². The molecule has 0 bridgehead atoms. The Morgan fingerprint density at radius 1 is 1.26 bits per heavy atom. The molecule has 128 valence electrons. The molecule has 7 heteroatoms. The van der Waals surface area contributed by atoms with Crippen molar-refractivity contribution in [2.75, 3.05) is 19.6 Å². The van der Waals surface area contributed by atoms with Crippen molar-refractivity contribution in [3.8, 4) is 0 Å². The quantitative estimate of drug-likeness (QED) is 0.608. The standard InChI is InChI=1S/C16H26N4O2S/c1-13(2)11-18-16(17)19-12-14-5-7-15(8-6-14)23(21,22)20-9-3-4-10-20/h5-8,13H,3-4,9-12H2,1-2H3,(H3,17,18,19). The first-order chi connectivity index (χ1) is 10.9. The molecule has 0 spiro atoms. The van der Waals surface area contributed by atoms with Gasteiger partial charge < -0.3 is 11.1 Å². The smallest absolute Gasteiger partial charge is 0.243 e. The molecule has 1 aromatic rings. The van der Waals surface area contributed by atoms with E-state index in [1.807, 2.05) is 0 Å². The van der Waals surface area contributed by atoms with Crippen LogP contribution in [-0.2, 0) is 16.6 Å². The number of aliphatic imine (C=N–C) groups is 1. The Morgan fingerprint density at radius 2 is 1.87 bits per heavy atom. The number of hydrogen-bond acceptors (Lipinski definition) is 3. The van der Waals surface area contributed by atoms with Gasteiger partial charge in [-0.3, -0.25) is 0 Å². The number of nitrogens with two attached hydrogens (primary N) is 1. The molecule has 1 saturated heterocycles. The summed E-state index contributed by atoms with van der Waals surface area (Å²) >= 11 is 0. The van der Waals surface area contributed by atoms with Gasteiger partial charge in [-0.1, -0.05) is 26.0 Å². The van der Waals surface area contributed by atoms with Crippen LogP contribution >= 0.6 is 0 Å². The van der Waals surface area contributed by atoms with E-state index in [0.717, 1.165) is 24.9 Å². The topological polar surface area (TPSA) is 87.8 Å². The van der Waals surface area contributed by atoms with Crippen molar-refractivity contribution < 1.29 is 8.42 Å². The third-order valence-electron chi connectivity index (χ3n) is 3.75. The average Bonchev–Trinajstić information content (AvgIpc) is 3.06. The fourth-order valence-corrected chi connectivity index (χ4v) is 3.90. The molecule has 1 heterocycles. The van der Waals surface area contributed by atoms with Gasteiger partial charge >= 0.3 is 0 Å². The highest BCUT2D eigenvalue weighted by Gasteiger charge is 2.26. The number of guanidine groups is 1. The van der Waals surface area contributed by atoms with Crippen molar-refractivity contribution in [1.29, 1.82) is 0 Å². The van der Waals surface area contributed by atoms with Crippen LogP contribution in [-0.4, -0.2) is 38.3 Å². The Hall–Kier alpha value is -1.60. The van der Waals surface area contributed by atoms with Crippen molar-refractivity contribution in [2.24, 2.45) is 16.6 Å². The maximum atomic E-state index is 12.4. The number of benzene rings is 1. The molecule has 0 atom stereocenters. The Bertz CT molecular complexity index is 633. The molecule has 2 rings (SSSR count). The fourth-order valence-electron chi connectivity index (χ4n) is 2.39. The third-order valence-corrected chi connectivity index (χ3v) is 5.66. The molecule has 1 aliphatic rings. The zero-order valence-corrected chi connectivity index (χ0v) is 14.6. The summed E-state index contributed by atoms with van der Waals surface area (Å²) in [5, 5.41) is 3.05. The van der Waals surface area contributed by atoms with E-state index >= 15 is 0 Å².